The summed E-state index contributed by atoms with van der Waals surface area (Å²) in [6.45, 7) is 1.38. The molecule has 0 radical (unpaired) electrons. The van der Waals surface area contributed by atoms with Crippen molar-refractivity contribution in [2.24, 2.45) is 0 Å². The maximum Gasteiger partial charge on any atom is 0.265 e. The molecule has 3 rings (SSSR count). The summed E-state index contributed by atoms with van der Waals surface area (Å²) in [5.74, 6) is -2.02. The number of anilines is 2. The van der Waals surface area contributed by atoms with E-state index >= 15 is 0 Å². The molecule has 0 aromatic heterocycles. The second-order valence-corrected chi connectivity index (χ2v) is 9.67. The number of rotatable bonds is 8. The van der Waals surface area contributed by atoms with Crippen LogP contribution in [-0.4, -0.2) is 33.9 Å². The molecule has 0 aliphatic heterocycles. The van der Waals surface area contributed by atoms with Crippen LogP contribution in [0.2, 0.25) is 0 Å². The lowest BCUT2D eigenvalue weighted by molar-refractivity contribution is -0.115. The van der Waals surface area contributed by atoms with Crippen molar-refractivity contribution in [3.05, 3.63) is 82.1 Å². The number of aryl methyl sites for hydroxylation is 1. The van der Waals surface area contributed by atoms with Crippen molar-refractivity contribution in [3.8, 4) is 5.75 Å². The van der Waals surface area contributed by atoms with Crippen molar-refractivity contribution in [2.75, 3.05) is 23.7 Å². The van der Waals surface area contributed by atoms with E-state index in [1.807, 2.05) is 13.0 Å². The second kappa shape index (κ2) is 10.7. The first-order valence-electron chi connectivity index (χ1n) is 9.90. The predicted molar refractivity (Wildman–Crippen MR) is 130 cm³/mol. The summed E-state index contributed by atoms with van der Waals surface area (Å²) in [5.41, 5.74) is 1.16. The molecule has 0 unspecified atom stereocenters. The van der Waals surface area contributed by atoms with Gasteiger partial charge in [-0.15, -0.1) is 0 Å². The number of hydrogen-bond acceptors (Lipinski definition) is 5. The summed E-state index contributed by atoms with van der Waals surface area (Å²) in [6, 6.07) is 14.7. The Balaban J connectivity index is 1.75. The van der Waals surface area contributed by atoms with Gasteiger partial charge in [-0.25, -0.2) is 12.8 Å². The monoisotopic (exact) mass is 549 g/mol. The number of ether oxygens (including phenoxy) is 1. The average molecular weight is 550 g/mol. The molecule has 0 bridgehead atoms. The van der Waals surface area contributed by atoms with Crippen LogP contribution in [0.15, 0.2) is 70.0 Å². The molecule has 3 aromatic rings. The fourth-order valence-corrected chi connectivity index (χ4v) is 4.73. The van der Waals surface area contributed by atoms with Gasteiger partial charge in [0.1, 0.15) is 16.5 Å². The molecule has 0 aliphatic rings. The summed E-state index contributed by atoms with van der Waals surface area (Å²) >= 11 is 3.32. The Morgan fingerprint density at radius 1 is 1.06 bits per heavy atom. The molecule has 2 amide bonds. The third kappa shape index (κ3) is 6.12. The first-order chi connectivity index (χ1) is 16.1. The molecule has 0 fully saturated rings. The van der Waals surface area contributed by atoms with Gasteiger partial charge in [0.15, 0.2) is 0 Å². The van der Waals surface area contributed by atoms with Crippen LogP contribution in [0.3, 0.4) is 0 Å². The minimum Gasteiger partial charge on any atom is -0.495 e. The molecule has 34 heavy (non-hydrogen) atoms. The van der Waals surface area contributed by atoms with Crippen LogP contribution in [0, 0.1) is 12.7 Å². The number of carbonyl (C=O) groups excluding carboxylic acids is 2. The quantitative estimate of drug-likeness (QED) is 0.392. The molecule has 3 aromatic carbocycles. The van der Waals surface area contributed by atoms with Crippen LogP contribution in [-0.2, 0) is 14.8 Å². The number of methoxy groups -OCH3 is 1. The highest BCUT2D eigenvalue weighted by Gasteiger charge is 2.22. The van der Waals surface area contributed by atoms with Crippen molar-refractivity contribution in [1.29, 1.82) is 0 Å². The normalized spacial score (nSPS) is 10.9. The molecule has 0 atom stereocenters. The maximum atomic E-state index is 13.7. The second-order valence-electron chi connectivity index (χ2n) is 7.17. The van der Waals surface area contributed by atoms with Crippen molar-refractivity contribution in [1.82, 2.24) is 5.32 Å². The Bertz CT molecular complexity index is 1350. The van der Waals surface area contributed by atoms with E-state index in [9.17, 15) is 22.4 Å². The van der Waals surface area contributed by atoms with Gasteiger partial charge in [0.2, 0.25) is 5.91 Å². The number of hydrogen-bond donors (Lipinski definition) is 3. The van der Waals surface area contributed by atoms with Crippen LogP contribution in [0.4, 0.5) is 15.8 Å². The molecule has 0 heterocycles. The number of amides is 2. The smallest absolute Gasteiger partial charge is 0.265 e. The van der Waals surface area contributed by atoms with Crippen molar-refractivity contribution < 1.29 is 27.1 Å². The van der Waals surface area contributed by atoms with Gasteiger partial charge in [0.05, 0.1) is 24.9 Å². The van der Waals surface area contributed by atoms with Crippen LogP contribution in [0.25, 0.3) is 0 Å². The number of benzene rings is 3. The zero-order chi connectivity index (χ0) is 24.9. The molecule has 0 saturated carbocycles. The minimum atomic E-state index is -4.09. The van der Waals surface area contributed by atoms with Crippen molar-refractivity contribution >= 4 is 49.1 Å². The van der Waals surface area contributed by atoms with E-state index in [2.05, 4.69) is 31.3 Å². The highest BCUT2D eigenvalue weighted by molar-refractivity contribution is 9.10. The number of nitrogens with one attached hydrogen (secondary N) is 3. The first kappa shape index (κ1) is 25.2. The van der Waals surface area contributed by atoms with Gasteiger partial charge in [-0.3, -0.25) is 14.3 Å². The minimum absolute atomic E-state index is 0.0714. The standard InChI is InChI=1S/C23H21BrFN3O5S/c1-14-7-9-17(24)19(11-14)28-34(31,32)21-12-15(8-10-20(21)33-2)27-22(29)13-26-23(30)16-5-3-4-6-18(16)25/h3-12,28H,13H2,1-2H3,(H,26,30)(H,27,29). The Labute approximate surface area is 204 Å². The Morgan fingerprint density at radius 3 is 2.50 bits per heavy atom. The van der Waals surface area contributed by atoms with Crippen molar-refractivity contribution in [3.63, 3.8) is 0 Å². The fraction of sp³-hybridized carbons (Fsp3) is 0.130. The van der Waals surface area contributed by atoms with Crippen molar-refractivity contribution in [2.45, 2.75) is 11.8 Å². The largest absolute Gasteiger partial charge is 0.495 e. The van der Waals surface area contributed by atoms with E-state index in [4.69, 9.17) is 4.74 Å². The maximum absolute atomic E-state index is 13.7. The number of halogens is 2. The molecule has 11 heteroatoms. The van der Waals surface area contributed by atoms with E-state index in [0.29, 0.717) is 10.2 Å². The Kier molecular flexibility index (Phi) is 7.90. The molecule has 0 saturated heterocycles. The molecule has 0 spiro atoms. The lowest BCUT2D eigenvalue weighted by Crippen LogP contribution is -2.33. The molecular weight excluding hydrogens is 529 g/mol. The Morgan fingerprint density at radius 2 is 1.79 bits per heavy atom. The molecule has 8 nitrogen and oxygen atoms in total. The third-order valence-electron chi connectivity index (χ3n) is 4.63. The first-order valence-corrected chi connectivity index (χ1v) is 12.2. The predicted octanol–water partition coefficient (Wildman–Crippen LogP) is 4.07. The number of carbonyl (C=O) groups is 2. The van der Waals surface area contributed by atoms with E-state index in [1.165, 1.54) is 43.5 Å². The van der Waals surface area contributed by atoms with E-state index in [0.717, 1.165) is 11.6 Å². The summed E-state index contributed by atoms with van der Waals surface area (Å²) in [5, 5.41) is 4.83. The summed E-state index contributed by atoms with van der Waals surface area (Å²) in [4.78, 5) is 24.2. The van der Waals surface area contributed by atoms with E-state index in [-0.39, 0.29) is 21.9 Å². The zero-order valence-corrected chi connectivity index (χ0v) is 20.6. The van der Waals surface area contributed by atoms with E-state index < -0.39 is 34.2 Å². The highest BCUT2D eigenvalue weighted by atomic mass is 79.9. The topological polar surface area (TPSA) is 114 Å². The van der Waals surface area contributed by atoms with Crippen LogP contribution < -0.4 is 20.1 Å². The number of sulfonamides is 1. The van der Waals surface area contributed by atoms with Crippen LogP contribution >= 0.6 is 15.9 Å². The average Bonchev–Trinajstić information content (AvgIpc) is 2.80. The van der Waals surface area contributed by atoms with Gasteiger partial charge in [-0.1, -0.05) is 18.2 Å². The highest BCUT2D eigenvalue weighted by Crippen LogP contribution is 2.31. The Hall–Kier alpha value is -3.44. The fourth-order valence-electron chi connectivity index (χ4n) is 2.99. The molecule has 178 valence electrons. The van der Waals surface area contributed by atoms with Gasteiger partial charge in [-0.05, 0) is 70.9 Å². The van der Waals surface area contributed by atoms with Gasteiger partial charge in [0, 0.05) is 10.2 Å². The van der Waals surface area contributed by atoms with Gasteiger partial charge < -0.3 is 15.4 Å². The van der Waals surface area contributed by atoms with Gasteiger partial charge in [-0.2, -0.15) is 0 Å². The lowest BCUT2D eigenvalue weighted by atomic mass is 10.2. The summed E-state index contributed by atoms with van der Waals surface area (Å²) in [7, 11) is -2.76. The van der Waals surface area contributed by atoms with Gasteiger partial charge >= 0.3 is 0 Å². The third-order valence-corrected chi connectivity index (χ3v) is 6.71. The lowest BCUT2D eigenvalue weighted by Gasteiger charge is -2.15. The van der Waals surface area contributed by atoms with E-state index in [1.54, 1.807) is 12.1 Å². The molecule has 0 aliphatic carbocycles. The summed E-state index contributed by atoms with van der Waals surface area (Å²) in [6.07, 6.45) is 0. The van der Waals surface area contributed by atoms with Crippen LogP contribution in [0.5, 0.6) is 5.75 Å². The summed E-state index contributed by atoms with van der Waals surface area (Å²) < 4.78 is 48.1. The molecular formula is C23H21BrFN3O5S. The zero-order valence-electron chi connectivity index (χ0n) is 18.2. The SMILES string of the molecule is COc1ccc(NC(=O)CNC(=O)c2ccccc2F)cc1S(=O)(=O)Nc1cc(C)ccc1Br. The van der Waals surface area contributed by atoms with Gasteiger partial charge in [0.25, 0.3) is 15.9 Å². The molecule has 3 N–H and O–H groups in total. The van der Waals surface area contributed by atoms with Crippen LogP contribution in [0.1, 0.15) is 15.9 Å².